The molecular formula is C32H33F3N6O2S. The zero-order valence-corrected chi connectivity index (χ0v) is 25.4. The third-order valence-electron chi connectivity index (χ3n) is 7.29. The molecule has 4 aromatic rings. The van der Waals surface area contributed by atoms with Crippen molar-refractivity contribution in [2.24, 2.45) is 0 Å². The van der Waals surface area contributed by atoms with E-state index in [1.807, 2.05) is 25.3 Å². The monoisotopic (exact) mass is 622 g/mol. The summed E-state index contributed by atoms with van der Waals surface area (Å²) in [4.78, 5) is 27.6. The van der Waals surface area contributed by atoms with Crippen molar-refractivity contribution in [3.63, 3.8) is 0 Å². The molecule has 2 N–H and O–H groups in total. The van der Waals surface area contributed by atoms with Crippen molar-refractivity contribution in [2.45, 2.75) is 24.7 Å². The molecule has 0 saturated carbocycles. The van der Waals surface area contributed by atoms with Gasteiger partial charge in [-0.25, -0.2) is 9.97 Å². The number of amides is 1. The van der Waals surface area contributed by atoms with Crippen LogP contribution in [0.15, 0.2) is 77.8 Å². The van der Waals surface area contributed by atoms with Crippen LogP contribution in [0.3, 0.4) is 0 Å². The number of anilines is 3. The molecule has 1 amide bonds. The van der Waals surface area contributed by atoms with Gasteiger partial charge in [0, 0.05) is 61.4 Å². The van der Waals surface area contributed by atoms with Crippen molar-refractivity contribution >= 4 is 35.0 Å². The van der Waals surface area contributed by atoms with Crippen LogP contribution in [0.5, 0.6) is 5.75 Å². The molecule has 0 spiro atoms. The van der Waals surface area contributed by atoms with Gasteiger partial charge in [-0.3, -0.25) is 9.69 Å². The molecule has 1 fully saturated rings. The minimum Gasteiger partial charge on any atom is -0.406 e. The van der Waals surface area contributed by atoms with Crippen LogP contribution in [0.4, 0.5) is 30.5 Å². The number of aryl methyl sites for hydroxylation is 1. The smallest absolute Gasteiger partial charge is 0.406 e. The van der Waals surface area contributed by atoms with Gasteiger partial charge in [0.25, 0.3) is 5.91 Å². The van der Waals surface area contributed by atoms with Gasteiger partial charge < -0.3 is 20.3 Å². The lowest BCUT2D eigenvalue weighted by Crippen LogP contribution is -2.43. The van der Waals surface area contributed by atoms with Gasteiger partial charge in [-0.05, 0) is 86.0 Å². The first-order valence-electron chi connectivity index (χ1n) is 14.0. The molecule has 2 heterocycles. The van der Waals surface area contributed by atoms with E-state index in [1.54, 1.807) is 30.5 Å². The number of carbonyl (C=O) groups is 1. The van der Waals surface area contributed by atoms with Crippen molar-refractivity contribution in [1.82, 2.24) is 19.8 Å². The van der Waals surface area contributed by atoms with E-state index in [0.29, 0.717) is 28.5 Å². The van der Waals surface area contributed by atoms with Gasteiger partial charge in [0.1, 0.15) is 5.75 Å². The molecule has 12 heteroatoms. The quantitative estimate of drug-likeness (QED) is 0.197. The maximum atomic E-state index is 13.1. The summed E-state index contributed by atoms with van der Waals surface area (Å²) in [5.74, 6) is -0.215. The second kappa shape index (κ2) is 13.7. The Morgan fingerprint density at radius 3 is 2.36 bits per heavy atom. The Balaban J connectivity index is 1.24. The van der Waals surface area contributed by atoms with Crippen molar-refractivity contribution in [2.75, 3.05) is 50.1 Å². The van der Waals surface area contributed by atoms with Crippen LogP contribution in [-0.2, 0) is 6.54 Å². The molecule has 1 aliphatic heterocycles. The zero-order chi connectivity index (χ0) is 31.3. The molecule has 8 nitrogen and oxygen atoms in total. The number of thioether (sulfide) groups is 1. The van der Waals surface area contributed by atoms with E-state index in [-0.39, 0.29) is 11.7 Å². The van der Waals surface area contributed by atoms with Gasteiger partial charge in [-0.2, -0.15) is 0 Å². The largest absolute Gasteiger partial charge is 0.573 e. The second-order valence-electron chi connectivity index (χ2n) is 10.6. The number of likely N-dealkylation sites (N-methyl/N-ethyl adjacent to an activating group) is 1. The molecule has 0 aliphatic carbocycles. The van der Waals surface area contributed by atoms with E-state index < -0.39 is 6.36 Å². The highest BCUT2D eigenvalue weighted by Crippen LogP contribution is 2.32. The SMILES string of the molecule is CSc1cnc(Nc2ccc(C(=O)Nc3cc(CN4CCN(C)CC4)ccc3C)cc2)nc1-c1ccc(OC(F)(F)F)cc1. The van der Waals surface area contributed by atoms with Crippen LogP contribution in [0.1, 0.15) is 21.5 Å². The molecule has 1 saturated heterocycles. The van der Waals surface area contributed by atoms with Crippen LogP contribution < -0.4 is 15.4 Å². The predicted molar refractivity (Wildman–Crippen MR) is 168 cm³/mol. The zero-order valence-electron chi connectivity index (χ0n) is 24.6. The van der Waals surface area contributed by atoms with Crippen molar-refractivity contribution in [3.05, 3.63) is 89.6 Å². The number of aromatic nitrogens is 2. The Hall–Kier alpha value is -4.13. The number of halogens is 3. The summed E-state index contributed by atoms with van der Waals surface area (Å²) in [7, 11) is 2.14. The second-order valence-corrected chi connectivity index (χ2v) is 11.4. The number of piperazine rings is 1. The van der Waals surface area contributed by atoms with Gasteiger partial charge in [0.05, 0.1) is 10.6 Å². The Bertz CT molecular complexity index is 1590. The fourth-order valence-corrected chi connectivity index (χ4v) is 5.31. The lowest BCUT2D eigenvalue weighted by atomic mass is 10.1. The summed E-state index contributed by atoms with van der Waals surface area (Å²) in [6.45, 7) is 6.96. The molecule has 1 aliphatic rings. The number of hydrogen-bond donors (Lipinski definition) is 2. The summed E-state index contributed by atoms with van der Waals surface area (Å²) in [5.41, 5.74) is 5.29. The van der Waals surface area contributed by atoms with Crippen LogP contribution in [-0.4, -0.2) is 71.5 Å². The van der Waals surface area contributed by atoms with Crippen LogP contribution >= 0.6 is 11.8 Å². The molecule has 0 bridgehead atoms. The predicted octanol–water partition coefficient (Wildman–Crippen LogP) is 6.82. The summed E-state index contributed by atoms with van der Waals surface area (Å²) in [5, 5.41) is 6.19. The number of nitrogens with one attached hydrogen (secondary N) is 2. The van der Waals surface area contributed by atoms with E-state index >= 15 is 0 Å². The molecule has 0 radical (unpaired) electrons. The van der Waals surface area contributed by atoms with Crippen molar-refractivity contribution in [3.8, 4) is 17.0 Å². The molecule has 3 aromatic carbocycles. The molecule has 44 heavy (non-hydrogen) atoms. The summed E-state index contributed by atoms with van der Waals surface area (Å²) < 4.78 is 41.6. The lowest BCUT2D eigenvalue weighted by Gasteiger charge is -2.32. The molecule has 5 rings (SSSR count). The van der Waals surface area contributed by atoms with Crippen LogP contribution in [0.2, 0.25) is 0 Å². The minimum atomic E-state index is -4.76. The van der Waals surface area contributed by atoms with Crippen LogP contribution in [0.25, 0.3) is 11.3 Å². The maximum absolute atomic E-state index is 13.1. The lowest BCUT2D eigenvalue weighted by molar-refractivity contribution is -0.274. The Morgan fingerprint density at radius 2 is 1.70 bits per heavy atom. The summed E-state index contributed by atoms with van der Waals surface area (Å²) in [6.07, 6.45) is -1.24. The number of rotatable bonds is 9. The van der Waals surface area contributed by atoms with E-state index in [9.17, 15) is 18.0 Å². The first-order chi connectivity index (χ1) is 21.1. The fourth-order valence-electron chi connectivity index (χ4n) is 4.80. The molecule has 0 atom stereocenters. The van der Waals surface area contributed by atoms with E-state index in [2.05, 4.69) is 48.3 Å². The Kier molecular flexibility index (Phi) is 9.72. The standard InChI is InChI=1S/C32H33F3N6O2S/c1-21-4-5-22(20-41-16-14-40(2)15-17-41)18-27(21)38-30(42)24-6-10-25(11-7-24)37-31-36-19-28(44-3)29(39-31)23-8-12-26(13-9-23)43-32(33,34)35/h4-13,18-19H,14-17,20H2,1-3H3,(H,38,42)(H,36,37,39). The van der Waals surface area contributed by atoms with Crippen molar-refractivity contribution < 1.29 is 22.7 Å². The normalized spacial score (nSPS) is 14.3. The number of alkyl halides is 3. The Morgan fingerprint density at radius 1 is 1.00 bits per heavy atom. The molecule has 230 valence electrons. The number of nitrogens with zero attached hydrogens (tertiary/aromatic N) is 4. The number of ether oxygens (including phenoxy) is 1. The highest BCUT2D eigenvalue weighted by Gasteiger charge is 2.31. The first-order valence-corrected chi connectivity index (χ1v) is 15.2. The van der Waals surface area contributed by atoms with Gasteiger partial charge in [-0.1, -0.05) is 12.1 Å². The average molecular weight is 623 g/mol. The first kappa shape index (κ1) is 31.3. The minimum absolute atomic E-state index is 0.211. The van der Waals surface area contributed by atoms with E-state index in [4.69, 9.17) is 0 Å². The fraction of sp³-hybridized carbons (Fsp3) is 0.281. The molecular weight excluding hydrogens is 589 g/mol. The molecule has 1 aromatic heterocycles. The van der Waals surface area contributed by atoms with Crippen molar-refractivity contribution in [1.29, 1.82) is 0 Å². The van der Waals surface area contributed by atoms with Gasteiger partial charge in [0.2, 0.25) is 5.95 Å². The third-order valence-corrected chi connectivity index (χ3v) is 8.03. The van der Waals surface area contributed by atoms with Gasteiger partial charge in [-0.15, -0.1) is 24.9 Å². The number of hydrogen-bond acceptors (Lipinski definition) is 8. The van der Waals surface area contributed by atoms with E-state index in [0.717, 1.165) is 54.4 Å². The van der Waals surface area contributed by atoms with Gasteiger partial charge in [0.15, 0.2) is 0 Å². The summed E-state index contributed by atoms with van der Waals surface area (Å²) >= 11 is 1.42. The highest BCUT2D eigenvalue weighted by molar-refractivity contribution is 7.98. The Labute approximate surface area is 258 Å². The van der Waals surface area contributed by atoms with Gasteiger partial charge >= 0.3 is 6.36 Å². The number of carbonyl (C=O) groups excluding carboxylic acids is 1. The number of benzene rings is 3. The summed E-state index contributed by atoms with van der Waals surface area (Å²) in [6, 6.07) is 18.7. The topological polar surface area (TPSA) is 82.6 Å². The average Bonchev–Trinajstić information content (AvgIpc) is 3.00. The highest BCUT2D eigenvalue weighted by atomic mass is 32.2. The third kappa shape index (κ3) is 8.28. The van der Waals surface area contributed by atoms with Crippen LogP contribution in [0, 0.1) is 6.92 Å². The maximum Gasteiger partial charge on any atom is 0.573 e. The molecule has 0 unspecified atom stereocenters. The van der Waals surface area contributed by atoms with E-state index in [1.165, 1.54) is 36.0 Å².